The Labute approximate surface area is 177 Å². The van der Waals surface area contributed by atoms with E-state index in [1.165, 1.54) is 40.1 Å². The molecule has 0 spiro atoms. The molecule has 4 N–H and O–H groups in total. The highest BCUT2D eigenvalue weighted by Crippen LogP contribution is 2.22. The molecule has 1 aliphatic heterocycles. The zero-order valence-corrected chi connectivity index (χ0v) is 16.6. The fourth-order valence-electron chi connectivity index (χ4n) is 3.38. The van der Waals surface area contributed by atoms with Gasteiger partial charge in [-0.3, -0.25) is 4.79 Å². The highest BCUT2D eigenvalue weighted by molar-refractivity contribution is 6.03. The molecule has 0 aliphatic carbocycles. The Kier molecular flexibility index (Phi) is 7.06. The van der Waals surface area contributed by atoms with E-state index in [0.717, 1.165) is 0 Å². The van der Waals surface area contributed by atoms with E-state index >= 15 is 0 Å². The van der Waals surface area contributed by atoms with E-state index in [1.54, 1.807) is 6.07 Å². The number of likely N-dealkylation sites (tertiary alicyclic amines) is 1. The second-order valence-corrected chi connectivity index (χ2v) is 7.08. The SMILES string of the molecule is O=C(NCCF)Nc1cn(-c2cccc(F)c2)cc1C(=O)N[C@H]1CCCN(C(=O)O)C1. The van der Waals surface area contributed by atoms with Gasteiger partial charge in [-0.2, -0.15) is 0 Å². The first-order valence-electron chi connectivity index (χ1n) is 9.75. The number of carbonyl (C=O) groups is 3. The number of rotatable bonds is 6. The number of halogens is 2. The van der Waals surface area contributed by atoms with Gasteiger partial charge < -0.3 is 30.5 Å². The van der Waals surface area contributed by atoms with Crippen molar-refractivity contribution in [3.8, 4) is 5.69 Å². The number of urea groups is 1. The molecule has 3 rings (SSSR count). The largest absolute Gasteiger partial charge is 0.465 e. The molecule has 1 aromatic carbocycles. The first kappa shape index (κ1) is 22.1. The Balaban J connectivity index is 1.83. The van der Waals surface area contributed by atoms with Gasteiger partial charge in [-0.1, -0.05) is 6.07 Å². The maximum atomic E-state index is 13.6. The van der Waals surface area contributed by atoms with Crippen molar-refractivity contribution in [2.45, 2.75) is 18.9 Å². The molecule has 0 bridgehead atoms. The summed E-state index contributed by atoms with van der Waals surface area (Å²) in [5, 5.41) is 16.8. The molecule has 11 heteroatoms. The molecule has 1 aromatic heterocycles. The number of piperidine rings is 1. The number of carbonyl (C=O) groups excluding carboxylic acids is 2. The van der Waals surface area contributed by atoms with Crippen LogP contribution in [0.1, 0.15) is 23.2 Å². The van der Waals surface area contributed by atoms with E-state index in [9.17, 15) is 28.3 Å². The summed E-state index contributed by atoms with van der Waals surface area (Å²) in [6.07, 6.45) is 3.05. The summed E-state index contributed by atoms with van der Waals surface area (Å²) >= 11 is 0. The van der Waals surface area contributed by atoms with Crippen molar-refractivity contribution in [1.29, 1.82) is 0 Å². The number of amides is 4. The van der Waals surface area contributed by atoms with Crippen molar-refractivity contribution < 1.29 is 28.3 Å². The van der Waals surface area contributed by atoms with E-state index in [2.05, 4.69) is 16.0 Å². The average molecular weight is 435 g/mol. The summed E-state index contributed by atoms with van der Waals surface area (Å²) in [5.41, 5.74) is 0.678. The number of aromatic nitrogens is 1. The van der Waals surface area contributed by atoms with Crippen LogP contribution in [0.3, 0.4) is 0 Å². The lowest BCUT2D eigenvalue weighted by molar-refractivity contribution is 0.0889. The molecule has 4 amide bonds. The van der Waals surface area contributed by atoms with Crippen molar-refractivity contribution in [3.63, 3.8) is 0 Å². The van der Waals surface area contributed by atoms with Crippen molar-refractivity contribution in [2.24, 2.45) is 0 Å². The molecule has 0 radical (unpaired) electrons. The number of anilines is 1. The summed E-state index contributed by atoms with van der Waals surface area (Å²) in [7, 11) is 0. The quantitative estimate of drug-likeness (QED) is 0.558. The second-order valence-electron chi connectivity index (χ2n) is 7.08. The van der Waals surface area contributed by atoms with Gasteiger partial charge in [0.2, 0.25) is 0 Å². The van der Waals surface area contributed by atoms with Crippen molar-refractivity contribution in [2.75, 3.05) is 31.6 Å². The monoisotopic (exact) mass is 435 g/mol. The minimum Gasteiger partial charge on any atom is -0.465 e. The van der Waals surface area contributed by atoms with E-state index in [4.69, 9.17) is 0 Å². The van der Waals surface area contributed by atoms with Gasteiger partial charge in [-0.15, -0.1) is 0 Å². The van der Waals surface area contributed by atoms with Gasteiger partial charge in [0.25, 0.3) is 5.91 Å². The topological polar surface area (TPSA) is 116 Å². The molecule has 1 saturated heterocycles. The fourth-order valence-corrected chi connectivity index (χ4v) is 3.38. The predicted molar refractivity (Wildman–Crippen MR) is 109 cm³/mol. The Morgan fingerprint density at radius 2 is 2.03 bits per heavy atom. The van der Waals surface area contributed by atoms with Crippen LogP contribution in [0.5, 0.6) is 0 Å². The standard InChI is InChI=1S/C20H23F2N5O4/c21-6-7-23-19(29)25-17-12-27(15-5-1-3-13(22)9-15)11-16(17)18(28)24-14-4-2-8-26(10-14)20(30)31/h1,3,5,9,11-12,14H,2,4,6-8,10H2,(H,24,28)(H,30,31)(H2,23,25,29)/t14-/m0/s1. The number of nitrogens with zero attached hydrogens (tertiary/aromatic N) is 2. The van der Waals surface area contributed by atoms with E-state index < -0.39 is 30.5 Å². The summed E-state index contributed by atoms with van der Waals surface area (Å²) < 4.78 is 27.4. The maximum Gasteiger partial charge on any atom is 0.407 e. The van der Waals surface area contributed by atoms with Crippen LogP contribution in [0.25, 0.3) is 5.69 Å². The Hall–Kier alpha value is -3.63. The van der Waals surface area contributed by atoms with Crippen LogP contribution in [-0.4, -0.2) is 65.0 Å². The number of hydrogen-bond donors (Lipinski definition) is 4. The van der Waals surface area contributed by atoms with Crippen molar-refractivity contribution >= 4 is 23.7 Å². The normalized spacial score (nSPS) is 15.9. The van der Waals surface area contributed by atoms with Crippen LogP contribution in [0.4, 0.5) is 24.1 Å². The lowest BCUT2D eigenvalue weighted by Gasteiger charge is -2.31. The Morgan fingerprint density at radius 1 is 1.23 bits per heavy atom. The molecule has 2 heterocycles. The van der Waals surface area contributed by atoms with Crippen molar-refractivity contribution in [3.05, 3.63) is 48.0 Å². The van der Waals surface area contributed by atoms with Crippen LogP contribution < -0.4 is 16.0 Å². The molecule has 1 fully saturated rings. The number of carboxylic acid groups (broad SMARTS) is 1. The first-order valence-corrected chi connectivity index (χ1v) is 9.75. The van der Waals surface area contributed by atoms with Gasteiger partial charge in [0, 0.05) is 43.8 Å². The molecular weight excluding hydrogens is 412 g/mol. The van der Waals surface area contributed by atoms with Gasteiger partial charge in [-0.05, 0) is 31.0 Å². The van der Waals surface area contributed by atoms with Gasteiger partial charge in [0.1, 0.15) is 12.5 Å². The number of nitrogens with one attached hydrogen (secondary N) is 3. The summed E-state index contributed by atoms with van der Waals surface area (Å²) in [6.45, 7) is -0.373. The fraction of sp³-hybridized carbons (Fsp3) is 0.350. The third kappa shape index (κ3) is 5.71. The first-order chi connectivity index (χ1) is 14.9. The Bertz CT molecular complexity index is 965. The summed E-state index contributed by atoms with van der Waals surface area (Å²) in [4.78, 5) is 37.3. The highest BCUT2D eigenvalue weighted by atomic mass is 19.1. The smallest absolute Gasteiger partial charge is 0.407 e. The van der Waals surface area contributed by atoms with Crippen molar-refractivity contribution in [1.82, 2.24) is 20.1 Å². The second kappa shape index (κ2) is 9.92. The molecule has 0 unspecified atom stereocenters. The predicted octanol–water partition coefficient (Wildman–Crippen LogP) is 2.58. The van der Waals surface area contributed by atoms with Gasteiger partial charge in [0.15, 0.2) is 0 Å². The highest BCUT2D eigenvalue weighted by Gasteiger charge is 2.26. The van der Waals surface area contributed by atoms with Crippen LogP contribution in [0.2, 0.25) is 0 Å². The van der Waals surface area contributed by atoms with Gasteiger partial charge in [0.05, 0.1) is 11.3 Å². The van der Waals surface area contributed by atoms with Crippen LogP contribution >= 0.6 is 0 Å². The number of benzene rings is 1. The molecule has 2 aromatic rings. The molecular formula is C20H23F2N5O4. The third-order valence-electron chi connectivity index (χ3n) is 4.83. The molecule has 166 valence electrons. The maximum absolute atomic E-state index is 13.6. The molecule has 1 aliphatic rings. The number of hydrogen-bond acceptors (Lipinski definition) is 3. The average Bonchev–Trinajstić information content (AvgIpc) is 3.16. The van der Waals surface area contributed by atoms with Crippen LogP contribution in [0, 0.1) is 5.82 Å². The van der Waals surface area contributed by atoms with E-state index in [0.29, 0.717) is 25.1 Å². The number of alkyl halides is 1. The molecule has 1 atom stereocenters. The lowest BCUT2D eigenvalue weighted by Crippen LogP contribution is -2.49. The molecule has 31 heavy (non-hydrogen) atoms. The van der Waals surface area contributed by atoms with E-state index in [1.807, 2.05) is 0 Å². The summed E-state index contributed by atoms with van der Waals surface area (Å²) in [5.74, 6) is -0.989. The Morgan fingerprint density at radius 3 is 2.74 bits per heavy atom. The lowest BCUT2D eigenvalue weighted by atomic mass is 10.1. The summed E-state index contributed by atoms with van der Waals surface area (Å²) in [6, 6.07) is 4.60. The van der Waals surface area contributed by atoms with Gasteiger partial charge in [-0.25, -0.2) is 18.4 Å². The van der Waals surface area contributed by atoms with Crippen LogP contribution in [-0.2, 0) is 0 Å². The van der Waals surface area contributed by atoms with E-state index in [-0.39, 0.29) is 30.4 Å². The van der Waals surface area contributed by atoms with Gasteiger partial charge >= 0.3 is 12.1 Å². The zero-order valence-electron chi connectivity index (χ0n) is 16.6. The minimum atomic E-state index is -1.05. The zero-order chi connectivity index (χ0) is 22.4. The van der Waals surface area contributed by atoms with Crippen LogP contribution in [0.15, 0.2) is 36.7 Å². The third-order valence-corrected chi connectivity index (χ3v) is 4.83. The minimum absolute atomic E-state index is 0.104. The molecule has 9 nitrogen and oxygen atoms in total. The molecule has 0 saturated carbocycles.